The molecule has 1 amide bonds. The van der Waals surface area contributed by atoms with Crippen molar-refractivity contribution in [1.82, 2.24) is 4.31 Å². The fourth-order valence-electron chi connectivity index (χ4n) is 2.29. The number of ether oxygens (including phenoxy) is 1. The number of unbranched alkanes of at least 4 members (excludes halogenated alkanes) is 1. The second-order valence-corrected chi connectivity index (χ2v) is 8.44. The van der Waals surface area contributed by atoms with E-state index in [0.717, 1.165) is 17.1 Å². The second kappa shape index (κ2) is 9.73. The predicted molar refractivity (Wildman–Crippen MR) is 107 cm³/mol. The number of carbonyl (C=O) groups is 1. The third-order valence-electron chi connectivity index (χ3n) is 3.80. The Balaban J connectivity index is 2.04. The zero-order chi connectivity index (χ0) is 19.9. The molecular formula is C19H23ClN2O4S. The molecule has 146 valence electrons. The molecule has 0 aromatic heterocycles. The highest BCUT2D eigenvalue weighted by Gasteiger charge is 2.23. The third kappa shape index (κ3) is 5.95. The van der Waals surface area contributed by atoms with Crippen molar-refractivity contribution < 1.29 is 17.9 Å². The lowest BCUT2D eigenvalue weighted by atomic mass is 10.3. The normalized spacial score (nSPS) is 11.4. The fourth-order valence-corrected chi connectivity index (χ4v) is 3.54. The molecule has 0 saturated heterocycles. The van der Waals surface area contributed by atoms with Crippen molar-refractivity contribution in [3.8, 4) is 5.75 Å². The highest BCUT2D eigenvalue weighted by atomic mass is 35.5. The Labute approximate surface area is 165 Å². The van der Waals surface area contributed by atoms with Crippen molar-refractivity contribution in [3.63, 3.8) is 0 Å². The molecule has 2 aromatic rings. The molecule has 0 aliphatic rings. The average molecular weight is 411 g/mol. The number of para-hydroxylation sites is 2. The molecule has 1 N–H and O–H groups in total. The summed E-state index contributed by atoms with van der Waals surface area (Å²) in [6.07, 6.45) is 1.91. The largest absolute Gasteiger partial charge is 0.491 e. The van der Waals surface area contributed by atoms with Crippen LogP contribution < -0.4 is 10.1 Å². The molecule has 0 atom stereocenters. The first-order valence-electron chi connectivity index (χ1n) is 8.58. The summed E-state index contributed by atoms with van der Waals surface area (Å²) in [6.45, 7) is 2.29. The number of rotatable bonds is 9. The van der Waals surface area contributed by atoms with Crippen LogP contribution in [0.5, 0.6) is 5.75 Å². The van der Waals surface area contributed by atoms with Gasteiger partial charge in [-0.1, -0.05) is 37.1 Å². The Morgan fingerprint density at radius 3 is 2.48 bits per heavy atom. The van der Waals surface area contributed by atoms with Crippen molar-refractivity contribution in [3.05, 3.63) is 53.6 Å². The van der Waals surface area contributed by atoms with Gasteiger partial charge in [0.25, 0.3) is 0 Å². The van der Waals surface area contributed by atoms with Crippen molar-refractivity contribution in [1.29, 1.82) is 0 Å². The van der Waals surface area contributed by atoms with E-state index in [2.05, 4.69) is 12.2 Å². The van der Waals surface area contributed by atoms with Crippen LogP contribution >= 0.6 is 11.6 Å². The molecule has 8 heteroatoms. The van der Waals surface area contributed by atoms with Crippen LogP contribution in [0, 0.1) is 0 Å². The van der Waals surface area contributed by atoms with Gasteiger partial charge in [0.05, 0.1) is 23.7 Å². The minimum atomic E-state index is -3.79. The summed E-state index contributed by atoms with van der Waals surface area (Å²) in [7, 11) is -2.43. The zero-order valence-electron chi connectivity index (χ0n) is 15.3. The summed E-state index contributed by atoms with van der Waals surface area (Å²) in [5.41, 5.74) is 0.510. The van der Waals surface area contributed by atoms with E-state index in [-0.39, 0.29) is 11.4 Å². The molecule has 27 heavy (non-hydrogen) atoms. The lowest BCUT2D eigenvalue weighted by Crippen LogP contribution is -2.35. The van der Waals surface area contributed by atoms with E-state index in [1.807, 2.05) is 6.07 Å². The first-order valence-corrected chi connectivity index (χ1v) is 10.4. The molecule has 0 unspecified atom stereocenters. The van der Waals surface area contributed by atoms with Gasteiger partial charge in [0, 0.05) is 12.1 Å². The standard InChI is InChI=1S/C19H23ClN2O4S/c1-3-4-13-26-18-8-6-5-7-17(18)21-19(23)14-22(2)27(24,25)16-11-9-15(20)10-12-16/h5-12H,3-4,13-14H2,1-2H3,(H,21,23). The van der Waals surface area contributed by atoms with Crippen LogP contribution in [0.4, 0.5) is 5.69 Å². The number of nitrogens with zero attached hydrogens (tertiary/aromatic N) is 1. The molecule has 0 heterocycles. The SMILES string of the molecule is CCCCOc1ccccc1NC(=O)CN(C)S(=O)(=O)c1ccc(Cl)cc1. The second-order valence-electron chi connectivity index (χ2n) is 5.96. The summed E-state index contributed by atoms with van der Waals surface area (Å²) < 4.78 is 31.8. The maximum absolute atomic E-state index is 12.6. The molecule has 0 bridgehead atoms. The number of benzene rings is 2. The van der Waals surface area contributed by atoms with E-state index in [9.17, 15) is 13.2 Å². The Bertz CT molecular complexity index is 870. The number of carbonyl (C=O) groups excluding carboxylic acids is 1. The highest BCUT2D eigenvalue weighted by Crippen LogP contribution is 2.24. The lowest BCUT2D eigenvalue weighted by Gasteiger charge is -2.18. The van der Waals surface area contributed by atoms with Crippen LogP contribution in [-0.2, 0) is 14.8 Å². The van der Waals surface area contributed by atoms with Gasteiger partial charge >= 0.3 is 0 Å². The monoisotopic (exact) mass is 410 g/mol. The Morgan fingerprint density at radius 1 is 1.15 bits per heavy atom. The van der Waals surface area contributed by atoms with Crippen LogP contribution in [0.1, 0.15) is 19.8 Å². The molecule has 0 spiro atoms. The van der Waals surface area contributed by atoms with Gasteiger partial charge in [-0.15, -0.1) is 0 Å². The molecule has 0 aliphatic carbocycles. The molecule has 2 aromatic carbocycles. The third-order valence-corrected chi connectivity index (χ3v) is 5.87. The van der Waals surface area contributed by atoms with Crippen LogP contribution in [0.2, 0.25) is 5.02 Å². The molecule has 0 radical (unpaired) electrons. The van der Waals surface area contributed by atoms with Gasteiger partial charge in [0.2, 0.25) is 15.9 Å². The van der Waals surface area contributed by atoms with E-state index in [1.165, 1.54) is 31.3 Å². The smallest absolute Gasteiger partial charge is 0.243 e. The van der Waals surface area contributed by atoms with Gasteiger partial charge in [0.1, 0.15) is 5.75 Å². The molecule has 0 fully saturated rings. The first kappa shape index (κ1) is 21.2. The van der Waals surface area contributed by atoms with Crippen LogP contribution in [-0.4, -0.2) is 38.8 Å². The summed E-state index contributed by atoms with van der Waals surface area (Å²) in [6, 6.07) is 12.9. The molecule has 2 rings (SSSR count). The van der Waals surface area contributed by atoms with Crippen molar-refractivity contribution in [2.24, 2.45) is 0 Å². The Morgan fingerprint density at radius 2 is 1.81 bits per heavy atom. The van der Waals surface area contributed by atoms with E-state index in [1.54, 1.807) is 18.2 Å². The number of anilines is 1. The quantitative estimate of drug-likeness (QED) is 0.638. The highest BCUT2D eigenvalue weighted by molar-refractivity contribution is 7.89. The van der Waals surface area contributed by atoms with Gasteiger partial charge in [-0.05, 0) is 42.8 Å². The average Bonchev–Trinajstić information content (AvgIpc) is 2.63. The lowest BCUT2D eigenvalue weighted by molar-refractivity contribution is -0.116. The van der Waals surface area contributed by atoms with E-state index < -0.39 is 15.9 Å². The number of hydrogen-bond acceptors (Lipinski definition) is 4. The minimum Gasteiger partial charge on any atom is -0.491 e. The predicted octanol–water partition coefficient (Wildman–Crippen LogP) is 3.78. The maximum atomic E-state index is 12.6. The minimum absolute atomic E-state index is 0.0745. The number of sulfonamides is 1. The van der Waals surface area contributed by atoms with E-state index >= 15 is 0 Å². The molecular weight excluding hydrogens is 388 g/mol. The van der Waals surface area contributed by atoms with Crippen molar-refractivity contribution >= 4 is 33.2 Å². The maximum Gasteiger partial charge on any atom is 0.243 e. The Hall–Kier alpha value is -2.09. The first-order chi connectivity index (χ1) is 12.8. The van der Waals surface area contributed by atoms with Gasteiger partial charge < -0.3 is 10.1 Å². The van der Waals surface area contributed by atoms with Crippen molar-refractivity contribution in [2.45, 2.75) is 24.7 Å². The summed E-state index contributed by atoms with van der Waals surface area (Å²) in [5.74, 6) is 0.101. The molecule has 6 nitrogen and oxygen atoms in total. The number of likely N-dealkylation sites (N-methyl/N-ethyl adjacent to an activating group) is 1. The van der Waals surface area contributed by atoms with Gasteiger partial charge in [-0.3, -0.25) is 4.79 Å². The summed E-state index contributed by atoms with van der Waals surface area (Å²) in [4.78, 5) is 12.4. The Kier molecular flexibility index (Phi) is 7.65. The van der Waals surface area contributed by atoms with Crippen LogP contribution in [0.3, 0.4) is 0 Å². The molecule has 0 aliphatic heterocycles. The van der Waals surface area contributed by atoms with Gasteiger partial charge in [-0.25, -0.2) is 8.42 Å². The summed E-state index contributed by atoms with van der Waals surface area (Å²) >= 11 is 5.79. The number of amides is 1. The number of hydrogen-bond donors (Lipinski definition) is 1. The fraction of sp³-hybridized carbons (Fsp3) is 0.316. The molecule has 0 saturated carbocycles. The number of halogens is 1. The van der Waals surface area contributed by atoms with Crippen LogP contribution in [0.15, 0.2) is 53.4 Å². The number of nitrogens with one attached hydrogen (secondary N) is 1. The van der Waals surface area contributed by atoms with Crippen LogP contribution in [0.25, 0.3) is 0 Å². The van der Waals surface area contributed by atoms with E-state index in [4.69, 9.17) is 16.3 Å². The van der Waals surface area contributed by atoms with Gasteiger partial charge in [-0.2, -0.15) is 4.31 Å². The summed E-state index contributed by atoms with van der Waals surface area (Å²) in [5, 5.41) is 3.15. The topological polar surface area (TPSA) is 75.7 Å². The van der Waals surface area contributed by atoms with E-state index in [0.29, 0.717) is 23.1 Å². The zero-order valence-corrected chi connectivity index (χ0v) is 16.9. The van der Waals surface area contributed by atoms with Crippen molar-refractivity contribution in [2.75, 3.05) is 25.5 Å². The van der Waals surface area contributed by atoms with Gasteiger partial charge in [0.15, 0.2) is 0 Å².